The number of likely N-dealkylation sites (tertiary alicyclic amines) is 2. The number of nitrogens with zero attached hydrogens (tertiary/aromatic N) is 2. The molecule has 0 unspecified atom stereocenters. The van der Waals surface area contributed by atoms with Crippen molar-refractivity contribution in [3.05, 3.63) is 35.1 Å². The van der Waals surface area contributed by atoms with Crippen LogP contribution in [0.3, 0.4) is 0 Å². The highest BCUT2D eigenvalue weighted by atomic mass is 19.1. The van der Waals surface area contributed by atoms with Gasteiger partial charge >= 0.3 is 0 Å². The molecule has 2 saturated heterocycles. The van der Waals surface area contributed by atoms with Gasteiger partial charge in [0.2, 0.25) is 11.8 Å². The number of halogens is 1. The molecular weight excluding hydrogens is 369 g/mol. The third kappa shape index (κ3) is 4.97. The largest absolute Gasteiger partial charge is 0.352 e. The van der Waals surface area contributed by atoms with Crippen LogP contribution in [0.25, 0.3) is 0 Å². The summed E-state index contributed by atoms with van der Waals surface area (Å²) in [7, 11) is 0. The van der Waals surface area contributed by atoms with Crippen molar-refractivity contribution in [3.63, 3.8) is 0 Å². The van der Waals surface area contributed by atoms with Gasteiger partial charge in [0.25, 0.3) is 0 Å². The summed E-state index contributed by atoms with van der Waals surface area (Å²) in [5.74, 6) is 0.446. The Morgan fingerprint density at radius 3 is 2.55 bits per heavy atom. The predicted octanol–water partition coefficient (Wildman–Crippen LogP) is 2.86. The Morgan fingerprint density at radius 1 is 1.07 bits per heavy atom. The fourth-order valence-electron chi connectivity index (χ4n) is 4.75. The summed E-state index contributed by atoms with van der Waals surface area (Å²) in [6, 6.07) is 5.17. The van der Waals surface area contributed by atoms with E-state index in [-0.39, 0.29) is 17.6 Å². The number of benzene rings is 1. The average molecular weight is 402 g/mol. The van der Waals surface area contributed by atoms with Crippen molar-refractivity contribution in [2.75, 3.05) is 26.2 Å². The first-order chi connectivity index (χ1) is 14.0. The van der Waals surface area contributed by atoms with Gasteiger partial charge in [-0.1, -0.05) is 6.07 Å². The molecule has 6 heteroatoms. The molecule has 1 aromatic rings. The smallest absolute Gasteiger partial charge is 0.225 e. The minimum absolute atomic E-state index is 0.0104. The van der Waals surface area contributed by atoms with Crippen molar-refractivity contribution in [3.8, 4) is 0 Å². The first-order valence-corrected chi connectivity index (χ1v) is 11.1. The second-order valence-corrected chi connectivity index (χ2v) is 8.95. The maximum atomic E-state index is 13.5. The number of piperidine rings is 2. The third-order valence-electron chi connectivity index (χ3n) is 6.81. The summed E-state index contributed by atoms with van der Waals surface area (Å²) >= 11 is 0. The molecule has 2 aliphatic heterocycles. The molecule has 3 fully saturated rings. The highest BCUT2D eigenvalue weighted by molar-refractivity contribution is 5.81. The van der Waals surface area contributed by atoms with Crippen molar-refractivity contribution in [2.45, 2.75) is 58.0 Å². The quantitative estimate of drug-likeness (QED) is 0.826. The minimum atomic E-state index is -0.268. The van der Waals surface area contributed by atoms with Crippen LogP contribution in [0.15, 0.2) is 18.2 Å². The maximum Gasteiger partial charge on any atom is 0.225 e. The molecule has 2 amide bonds. The zero-order valence-corrected chi connectivity index (χ0v) is 17.3. The lowest BCUT2D eigenvalue weighted by molar-refractivity contribution is -0.134. The molecule has 1 aliphatic carbocycles. The molecule has 0 spiro atoms. The number of hydrogen-bond donors (Lipinski definition) is 1. The number of hydrogen-bond acceptors (Lipinski definition) is 3. The van der Waals surface area contributed by atoms with E-state index in [4.69, 9.17) is 0 Å². The summed E-state index contributed by atoms with van der Waals surface area (Å²) in [5.41, 5.74) is 1.82. The van der Waals surface area contributed by atoms with Crippen LogP contribution >= 0.6 is 0 Å². The first-order valence-electron chi connectivity index (χ1n) is 11.1. The van der Waals surface area contributed by atoms with Gasteiger partial charge in [0.05, 0.1) is 5.92 Å². The lowest BCUT2D eigenvalue weighted by Crippen LogP contribution is -2.51. The molecule has 0 aromatic heterocycles. The van der Waals surface area contributed by atoms with Crippen molar-refractivity contribution < 1.29 is 14.0 Å². The zero-order valence-electron chi connectivity index (χ0n) is 17.3. The van der Waals surface area contributed by atoms with Crippen LogP contribution in [-0.4, -0.2) is 53.8 Å². The maximum absolute atomic E-state index is 13.5. The molecule has 4 rings (SSSR count). The van der Waals surface area contributed by atoms with E-state index in [9.17, 15) is 14.0 Å². The molecule has 5 nitrogen and oxygen atoms in total. The van der Waals surface area contributed by atoms with Gasteiger partial charge in [-0.2, -0.15) is 0 Å². The molecule has 1 saturated carbocycles. The number of amides is 2. The highest BCUT2D eigenvalue weighted by Crippen LogP contribution is 2.32. The zero-order chi connectivity index (χ0) is 20.4. The second kappa shape index (κ2) is 8.82. The summed E-state index contributed by atoms with van der Waals surface area (Å²) < 4.78 is 13.5. The van der Waals surface area contributed by atoms with Gasteiger partial charge in [0.1, 0.15) is 5.82 Å². The van der Waals surface area contributed by atoms with Gasteiger partial charge in [0.15, 0.2) is 0 Å². The van der Waals surface area contributed by atoms with Crippen molar-refractivity contribution in [2.24, 2.45) is 11.8 Å². The van der Waals surface area contributed by atoms with E-state index in [1.165, 1.54) is 12.1 Å². The van der Waals surface area contributed by atoms with E-state index in [1.807, 2.05) is 11.8 Å². The molecule has 29 heavy (non-hydrogen) atoms. The van der Waals surface area contributed by atoms with E-state index in [0.29, 0.717) is 24.4 Å². The predicted molar refractivity (Wildman–Crippen MR) is 110 cm³/mol. The van der Waals surface area contributed by atoms with E-state index in [2.05, 4.69) is 10.2 Å². The molecule has 158 valence electrons. The fourth-order valence-corrected chi connectivity index (χ4v) is 4.75. The van der Waals surface area contributed by atoms with Crippen LogP contribution in [0.1, 0.15) is 49.7 Å². The normalized spacial score (nSPS) is 23.8. The molecule has 3 aliphatic rings. The molecular formula is C23H32FN3O2. The van der Waals surface area contributed by atoms with Crippen LogP contribution in [0.5, 0.6) is 0 Å². The summed E-state index contributed by atoms with van der Waals surface area (Å²) in [4.78, 5) is 29.5. The summed E-state index contributed by atoms with van der Waals surface area (Å²) in [6.07, 6.45) is 6.08. The SMILES string of the molecule is Cc1ccc(F)cc1CNC(=O)[C@@H]1CCCN(C2CCN(C(=O)C3CC3)CC2)C1. The Morgan fingerprint density at radius 2 is 1.83 bits per heavy atom. The Hall–Kier alpha value is -1.95. The molecule has 2 heterocycles. The van der Waals surface area contributed by atoms with E-state index in [0.717, 1.165) is 75.8 Å². The van der Waals surface area contributed by atoms with Gasteiger partial charge in [-0.15, -0.1) is 0 Å². The number of rotatable bonds is 5. The molecule has 1 aromatic carbocycles. The number of carbonyl (C=O) groups is 2. The van der Waals surface area contributed by atoms with Gasteiger partial charge in [-0.05, 0) is 75.3 Å². The fraction of sp³-hybridized carbons (Fsp3) is 0.652. The van der Waals surface area contributed by atoms with E-state index in [1.54, 1.807) is 6.07 Å². The molecule has 0 radical (unpaired) electrons. The lowest BCUT2D eigenvalue weighted by atomic mass is 9.93. The standard InChI is InChI=1S/C23H32FN3O2/c1-16-4-7-20(24)13-19(16)14-25-22(28)18-3-2-10-27(15-18)21-8-11-26(12-9-21)23(29)17-5-6-17/h4,7,13,17-18,21H,2-3,5-6,8-12,14-15H2,1H3,(H,25,28)/t18-/m1/s1. The summed E-state index contributed by atoms with van der Waals surface area (Å²) in [6.45, 7) is 5.84. The summed E-state index contributed by atoms with van der Waals surface area (Å²) in [5, 5.41) is 3.02. The van der Waals surface area contributed by atoms with Crippen molar-refractivity contribution in [1.29, 1.82) is 0 Å². The molecule has 0 bridgehead atoms. The topological polar surface area (TPSA) is 52.7 Å². The third-order valence-corrected chi connectivity index (χ3v) is 6.81. The van der Waals surface area contributed by atoms with E-state index >= 15 is 0 Å². The first kappa shape index (κ1) is 20.3. The van der Waals surface area contributed by atoms with Crippen molar-refractivity contribution >= 4 is 11.8 Å². The van der Waals surface area contributed by atoms with Crippen LogP contribution < -0.4 is 5.32 Å². The minimum Gasteiger partial charge on any atom is -0.352 e. The van der Waals surface area contributed by atoms with Crippen molar-refractivity contribution in [1.82, 2.24) is 15.1 Å². The Balaban J connectivity index is 1.26. The average Bonchev–Trinajstić information content (AvgIpc) is 3.59. The van der Waals surface area contributed by atoms with Gasteiger partial charge in [-0.25, -0.2) is 4.39 Å². The number of carbonyl (C=O) groups excluding carboxylic acids is 2. The molecule has 1 N–H and O–H groups in total. The van der Waals surface area contributed by atoms with Gasteiger partial charge < -0.3 is 10.2 Å². The van der Waals surface area contributed by atoms with Crippen LogP contribution in [0.2, 0.25) is 0 Å². The van der Waals surface area contributed by atoms with Gasteiger partial charge in [-0.3, -0.25) is 14.5 Å². The Bertz CT molecular complexity index is 756. The van der Waals surface area contributed by atoms with Crippen LogP contribution in [0.4, 0.5) is 4.39 Å². The van der Waals surface area contributed by atoms with E-state index < -0.39 is 0 Å². The lowest BCUT2D eigenvalue weighted by Gasteiger charge is -2.42. The van der Waals surface area contributed by atoms with Crippen LogP contribution in [0, 0.1) is 24.6 Å². The monoisotopic (exact) mass is 401 g/mol. The second-order valence-electron chi connectivity index (χ2n) is 8.95. The van der Waals surface area contributed by atoms with Gasteiger partial charge in [0, 0.05) is 38.1 Å². The van der Waals surface area contributed by atoms with Crippen LogP contribution in [-0.2, 0) is 16.1 Å². The number of aryl methyl sites for hydroxylation is 1. The molecule has 1 atom stereocenters. The highest BCUT2D eigenvalue weighted by Gasteiger charge is 2.37. The Labute approximate surface area is 172 Å². The number of nitrogens with one attached hydrogen (secondary N) is 1. The Kier molecular flexibility index (Phi) is 6.18.